The molecule has 3 rings (SSSR count). The van der Waals surface area contributed by atoms with Gasteiger partial charge in [0.2, 0.25) is 0 Å². The van der Waals surface area contributed by atoms with E-state index in [4.69, 9.17) is 9.47 Å². The first-order valence-corrected chi connectivity index (χ1v) is 10.4. The lowest BCUT2D eigenvalue weighted by atomic mass is 9.58. The molecule has 4 N–H and O–H groups in total. The molecule has 2 aliphatic carbocycles. The molecule has 0 radical (unpaired) electrons. The molecule has 3 aliphatic rings. The van der Waals surface area contributed by atoms with Crippen molar-refractivity contribution in [2.75, 3.05) is 0 Å². The molecule has 2 fully saturated rings. The zero-order chi connectivity index (χ0) is 20.7. The Labute approximate surface area is 166 Å². The van der Waals surface area contributed by atoms with E-state index in [1.807, 2.05) is 6.08 Å². The Morgan fingerprint density at radius 1 is 1.18 bits per heavy atom. The fraction of sp³-hybridized carbons (Fsp3) is 0.857. The molecule has 7 nitrogen and oxygen atoms in total. The van der Waals surface area contributed by atoms with Crippen LogP contribution in [-0.4, -0.2) is 63.2 Å². The van der Waals surface area contributed by atoms with Crippen LogP contribution < -0.4 is 0 Å². The first kappa shape index (κ1) is 21.7. The minimum atomic E-state index is -1.71. The van der Waals surface area contributed by atoms with Gasteiger partial charge in [-0.1, -0.05) is 38.8 Å². The van der Waals surface area contributed by atoms with E-state index in [2.05, 4.69) is 27.7 Å². The number of aliphatic hydroxyl groups is 3. The molecule has 7 heteroatoms. The molecule has 0 bridgehead atoms. The number of rotatable bonds is 4. The van der Waals surface area contributed by atoms with Gasteiger partial charge in [-0.25, -0.2) is 4.79 Å². The second-order valence-corrected chi connectivity index (χ2v) is 9.26. The molecule has 28 heavy (non-hydrogen) atoms. The summed E-state index contributed by atoms with van der Waals surface area (Å²) in [6.45, 7) is 8.80. The van der Waals surface area contributed by atoms with Crippen molar-refractivity contribution in [1.29, 1.82) is 0 Å². The standard InChI is InChI=1S/C21H34O7/c1-9(2)12-6-5-11(4)15-13(12)7-10(3)8-14(15)27-21-18(24)16(22)17(23)19(28-21)20(25)26/h8-9,11-19,21-24H,5-7H2,1-4H3,(H,25,26). The van der Waals surface area contributed by atoms with Crippen molar-refractivity contribution >= 4 is 5.97 Å². The lowest BCUT2D eigenvalue weighted by Gasteiger charge is -2.50. The number of ether oxygens (including phenoxy) is 2. The monoisotopic (exact) mass is 398 g/mol. The zero-order valence-electron chi connectivity index (χ0n) is 17.1. The van der Waals surface area contributed by atoms with E-state index >= 15 is 0 Å². The summed E-state index contributed by atoms with van der Waals surface area (Å²) in [6.07, 6.45) is -2.78. The highest BCUT2D eigenvalue weighted by atomic mass is 16.7. The van der Waals surface area contributed by atoms with Gasteiger partial charge >= 0.3 is 5.97 Å². The number of allylic oxidation sites excluding steroid dienone is 1. The Balaban J connectivity index is 1.83. The second kappa shape index (κ2) is 8.40. The Hall–Kier alpha value is -0.990. The molecule has 0 aromatic rings. The summed E-state index contributed by atoms with van der Waals surface area (Å²) < 4.78 is 11.5. The van der Waals surface area contributed by atoms with E-state index in [0.29, 0.717) is 23.7 Å². The van der Waals surface area contributed by atoms with Crippen LogP contribution in [0, 0.1) is 29.6 Å². The van der Waals surface area contributed by atoms with E-state index in [-0.39, 0.29) is 12.0 Å². The van der Waals surface area contributed by atoms with E-state index in [1.54, 1.807) is 0 Å². The third-order valence-corrected chi connectivity index (χ3v) is 7.00. The Morgan fingerprint density at radius 2 is 1.86 bits per heavy atom. The molecule has 0 amide bonds. The second-order valence-electron chi connectivity index (χ2n) is 9.26. The lowest BCUT2D eigenvalue weighted by Crippen LogP contribution is -2.61. The smallest absolute Gasteiger partial charge is 0.335 e. The van der Waals surface area contributed by atoms with Gasteiger partial charge in [0.25, 0.3) is 0 Å². The van der Waals surface area contributed by atoms with Crippen LogP contribution in [0.5, 0.6) is 0 Å². The van der Waals surface area contributed by atoms with Crippen LogP contribution in [-0.2, 0) is 14.3 Å². The molecule has 10 atom stereocenters. The highest BCUT2D eigenvalue weighted by Crippen LogP contribution is 2.50. The van der Waals surface area contributed by atoms with Gasteiger partial charge in [0, 0.05) is 0 Å². The minimum Gasteiger partial charge on any atom is -0.479 e. The predicted octanol–water partition coefficient (Wildman–Crippen LogP) is 1.55. The number of fused-ring (bicyclic) bond motifs is 1. The molecule has 0 aromatic heterocycles. The maximum atomic E-state index is 11.4. The summed E-state index contributed by atoms with van der Waals surface area (Å²) in [5.74, 6) is 0.897. The molecule has 1 heterocycles. The molecule has 1 saturated carbocycles. The average Bonchev–Trinajstić information content (AvgIpc) is 2.61. The number of carboxylic acid groups (broad SMARTS) is 1. The molecule has 0 spiro atoms. The van der Waals surface area contributed by atoms with E-state index in [1.165, 1.54) is 12.0 Å². The third kappa shape index (κ3) is 4.00. The summed E-state index contributed by atoms with van der Waals surface area (Å²) in [6, 6.07) is 0. The largest absolute Gasteiger partial charge is 0.479 e. The fourth-order valence-electron chi connectivity index (χ4n) is 5.53. The maximum Gasteiger partial charge on any atom is 0.335 e. The summed E-state index contributed by atoms with van der Waals surface area (Å²) in [5, 5.41) is 39.6. The van der Waals surface area contributed by atoms with Crippen LogP contribution >= 0.6 is 0 Å². The molecule has 160 valence electrons. The van der Waals surface area contributed by atoms with E-state index < -0.39 is 36.7 Å². The number of carboxylic acids is 1. The number of aliphatic hydroxyl groups excluding tert-OH is 3. The number of hydrogen-bond acceptors (Lipinski definition) is 6. The van der Waals surface area contributed by atoms with Crippen molar-refractivity contribution in [2.45, 2.75) is 83.8 Å². The van der Waals surface area contributed by atoms with Crippen molar-refractivity contribution in [2.24, 2.45) is 29.6 Å². The Bertz CT molecular complexity index is 604. The van der Waals surface area contributed by atoms with Gasteiger partial charge in [-0.15, -0.1) is 0 Å². The van der Waals surface area contributed by atoms with Gasteiger partial charge in [-0.05, 0) is 49.4 Å². The van der Waals surface area contributed by atoms with E-state index in [9.17, 15) is 25.2 Å². The van der Waals surface area contributed by atoms with Crippen molar-refractivity contribution in [1.82, 2.24) is 0 Å². The van der Waals surface area contributed by atoms with Crippen LogP contribution in [0.1, 0.15) is 47.0 Å². The minimum absolute atomic E-state index is 0.243. The highest BCUT2D eigenvalue weighted by Gasteiger charge is 2.50. The quantitative estimate of drug-likeness (QED) is 0.531. The first-order chi connectivity index (χ1) is 13.1. The normalized spacial score (nSPS) is 46.8. The molecular formula is C21H34O7. The van der Waals surface area contributed by atoms with E-state index in [0.717, 1.165) is 12.8 Å². The molecule has 1 saturated heterocycles. The Morgan fingerprint density at radius 3 is 2.46 bits per heavy atom. The van der Waals surface area contributed by atoms with Gasteiger partial charge in [-0.3, -0.25) is 0 Å². The highest BCUT2D eigenvalue weighted by molar-refractivity contribution is 5.73. The van der Waals surface area contributed by atoms with Crippen LogP contribution in [0.4, 0.5) is 0 Å². The average molecular weight is 398 g/mol. The van der Waals surface area contributed by atoms with Gasteiger partial charge in [0.05, 0.1) is 6.10 Å². The van der Waals surface area contributed by atoms with Gasteiger partial charge in [-0.2, -0.15) is 0 Å². The first-order valence-electron chi connectivity index (χ1n) is 10.4. The van der Waals surface area contributed by atoms with Crippen LogP contribution in [0.3, 0.4) is 0 Å². The number of hydrogen-bond donors (Lipinski definition) is 4. The Kier molecular flexibility index (Phi) is 6.51. The lowest BCUT2D eigenvalue weighted by molar-refractivity contribution is -0.307. The van der Waals surface area contributed by atoms with Crippen molar-refractivity contribution in [3.05, 3.63) is 11.6 Å². The maximum absolute atomic E-state index is 11.4. The summed E-state index contributed by atoms with van der Waals surface area (Å²) in [4.78, 5) is 11.4. The molecule has 0 aromatic carbocycles. The summed E-state index contributed by atoms with van der Waals surface area (Å²) in [5.41, 5.74) is 1.21. The van der Waals surface area contributed by atoms with Crippen molar-refractivity contribution in [3.8, 4) is 0 Å². The van der Waals surface area contributed by atoms with Crippen molar-refractivity contribution < 1.29 is 34.7 Å². The topological polar surface area (TPSA) is 116 Å². The van der Waals surface area contributed by atoms with Crippen LogP contribution in [0.25, 0.3) is 0 Å². The summed E-state index contributed by atoms with van der Waals surface area (Å²) >= 11 is 0. The van der Waals surface area contributed by atoms with Crippen LogP contribution in [0.2, 0.25) is 0 Å². The molecule has 1 aliphatic heterocycles. The molecule has 10 unspecified atom stereocenters. The van der Waals surface area contributed by atoms with Gasteiger partial charge < -0.3 is 29.9 Å². The van der Waals surface area contributed by atoms with Crippen LogP contribution in [0.15, 0.2) is 11.6 Å². The summed E-state index contributed by atoms with van der Waals surface area (Å²) in [7, 11) is 0. The van der Waals surface area contributed by atoms with Gasteiger partial charge in [0.15, 0.2) is 12.4 Å². The SMILES string of the molecule is CC1=CC(OC2OC(C(=O)O)C(O)C(O)C2O)C2C(C)CCC(C(C)C)C2C1. The fourth-order valence-corrected chi connectivity index (χ4v) is 5.53. The predicted molar refractivity (Wildman–Crippen MR) is 101 cm³/mol. The molecular weight excluding hydrogens is 364 g/mol. The number of carbonyl (C=O) groups is 1. The zero-order valence-corrected chi connectivity index (χ0v) is 17.1. The number of aliphatic carboxylic acids is 1. The van der Waals surface area contributed by atoms with Gasteiger partial charge in [0.1, 0.15) is 18.3 Å². The third-order valence-electron chi connectivity index (χ3n) is 7.00. The van der Waals surface area contributed by atoms with Crippen molar-refractivity contribution in [3.63, 3.8) is 0 Å².